The van der Waals surface area contributed by atoms with Gasteiger partial charge in [0.25, 0.3) is 0 Å². The normalized spacial score (nSPS) is 11.3. The van der Waals surface area contributed by atoms with Crippen LogP contribution in [0.2, 0.25) is 0 Å². The van der Waals surface area contributed by atoms with Crippen molar-refractivity contribution in [1.82, 2.24) is 10.6 Å². The Balaban J connectivity index is 1.73. The second kappa shape index (κ2) is 12.3. The van der Waals surface area contributed by atoms with Gasteiger partial charge < -0.3 is 20.1 Å². The number of benzene rings is 2. The first-order valence-electron chi connectivity index (χ1n) is 9.82. The lowest BCUT2D eigenvalue weighted by Gasteiger charge is -2.16. The molecule has 2 N–H and O–H groups in total. The molecule has 160 valence electrons. The Morgan fingerprint density at radius 3 is 2.30 bits per heavy atom. The summed E-state index contributed by atoms with van der Waals surface area (Å²) in [5.74, 6) is -0.196. The molecule has 2 aromatic rings. The molecule has 2 amide bonds. The summed E-state index contributed by atoms with van der Waals surface area (Å²) < 4.78 is 9.95. The van der Waals surface area contributed by atoms with Crippen LogP contribution in [0.4, 0.5) is 0 Å². The SMILES string of the molecule is COC(=O)[C@H](Cc1ccccc1)NC(=O)CCCC(=O)NCc1cccc(OC)c1. The van der Waals surface area contributed by atoms with Crippen molar-refractivity contribution in [3.8, 4) is 5.75 Å². The first-order valence-corrected chi connectivity index (χ1v) is 9.82. The zero-order chi connectivity index (χ0) is 21.8. The fourth-order valence-corrected chi connectivity index (χ4v) is 2.93. The van der Waals surface area contributed by atoms with E-state index in [1.165, 1.54) is 7.11 Å². The molecule has 0 aliphatic rings. The summed E-state index contributed by atoms with van der Waals surface area (Å²) in [5.41, 5.74) is 1.85. The molecule has 30 heavy (non-hydrogen) atoms. The Kier molecular flexibility index (Phi) is 9.37. The molecule has 2 aromatic carbocycles. The third kappa shape index (κ3) is 7.95. The molecule has 0 aliphatic heterocycles. The maximum atomic E-state index is 12.2. The van der Waals surface area contributed by atoms with Gasteiger partial charge in [0.2, 0.25) is 11.8 Å². The van der Waals surface area contributed by atoms with Crippen LogP contribution in [-0.4, -0.2) is 38.0 Å². The van der Waals surface area contributed by atoms with Crippen LogP contribution in [-0.2, 0) is 32.1 Å². The molecule has 0 spiro atoms. The van der Waals surface area contributed by atoms with Crippen LogP contribution < -0.4 is 15.4 Å². The quantitative estimate of drug-likeness (QED) is 0.553. The van der Waals surface area contributed by atoms with Crippen molar-refractivity contribution in [1.29, 1.82) is 0 Å². The van der Waals surface area contributed by atoms with E-state index < -0.39 is 12.0 Å². The Labute approximate surface area is 176 Å². The monoisotopic (exact) mass is 412 g/mol. The standard InChI is InChI=1S/C23H28N2O5/c1-29-19-11-6-10-18(14-19)16-24-21(26)12-7-13-22(27)25-20(23(28)30-2)15-17-8-4-3-5-9-17/h3-6,8-11,14,20H,7,12-13,15-16H2,1-2H3,(H,24,26)(H,25,27)/t20-/m0/s1. The van der Waals surface area contributed by atoms with Gasteiger partial charge in [0.15, 0.2) is 0 Å². The largest absolute Gasteiger partial charge is 0.497 e. The van der Waals surface area contributed by atoms with Crippen molar-refractivity contribution in [2.24, 2.45) is 0 Å². The molecule has 0 aliphatic carbocycles. The lowest BCUT2D eigenvalue weighted by molar-refractivity contribution is -0.145. The minimum absolute atomic E-state index is 0.139. The molecule has 1 atom stereocenters. The van der Waals surface area contributed by atoms with Crippen molar-refractivity contribution >= 4 is 17.8 Å². The van der Waals surface area contributed by atoms with E-state index in [1.807, 2.05) is 54.6 Å². The van der Waals surface area contributed by atoms with Gasteiger partial charge in [-0.05, 0) is 29.7 Å². The number of amides is 2. The molecule has 2 rings (SSSR count). The molecule has 7 nitrogen and oxygen atoms in total. The van der Waals surface area contributed by atoms with Crippen LogP contribution in [0.5, 0.6) is 5.75 Å². The predicted octanol–water partition coefficient (Wildman–Crippen LogP) is 2.38. The van der Waals surface area contributed by atoms with Crippen LogP contribution >= 0.6 is 0 Å². The van der Waals surface area contributed by atoms with Crippen molar-refractivity contribution in [3.63, 3.8) is 0 Å². The summed E-state index contributed by atoms with van der Waals surface area (Å²) in [4.78, 5) is 36.2. The molecule has 7 heteroatoms. The summed E-state index contributed by atoms with van der Waals surface area (Å²) in [7, 11) is 2.88. The van der Waals surface area contributed by atoms with E-state index in [9.17, 15) is 14.4 Å². The second-order valence-corrected chi connectivity index (χ2v) is 6.81. The first kappa shape index (κ1) is 22.9. The first-order chi connectivity index (χ1) is 14.5. The van der Waals surface area contributed by atoms with Gasteiger partial charge >= 0.3 is 5.97 Å². The Morgan fingerprint density at radius 1 is 0.900 bits per heavy atom. The fraction of sp³-hybridized carbons (Fsp3) is 0.348. The van der Waals surface area contributed by atoms with Crippen molar-refractivity contribution < 1.29 is 23.9 Å². The number of esters is 1. The third-order valence-corrected chi connectivity index (χ3v) is 4.54. The number of rotatable bonds is 11. The number of methoxy groups -OCH3 is 2. The Bertz CT molecular complexity index is 838. The molecule has 0 fully saturated rings. The molecule has 0 radical (unpaired) electrons. The van der Waals surface area contributed by atoms with Gasteiger partial charge in [0.1, 0.15) is 11.8 Å². The zero-order valence-corrected chi connectivity index (χ0v) is 17.4. The third-order valence-electron chi connectivity index (χ3n) is 4.54. The van der Waals surface area contributed by atoms with E-state index in [0.717, 1.165) is 16.9 Å². The summed E-state index contributed by atoms with van der Waals surface area (Å²) in [5, 5.41) is 5.53. The number of carbonyl (C=O) groups excluding carboxylic acids is 3. The van der Waals surface area contributed by atoms with Crippen LogP contribution in [0.15, 0.2) is 54.6 Å². The van der Waals surface area contributed by atoms with Crippen molar-refractivity contribution in [2.75, 3.05) is 14.2 Å². The Hall–Kier alpha value is -3.35. The molecule has 0 saturated carbocycles. The topological polar surface area (TPSA) is 93.7 Å². The number of carbonyl (C=O) groups is 3. The zero-order valence-electron chi connectivity index (χ0n) is 17.4. The van der Waals surface area contributed by atoms with Crippen LogP contribution in [0.1, 0.15) is 30.4 Å². The van der Waals surface area contributed by atoms with Gasteiger partial charge in [-0.15, -0.1) is 0 Å². The molecule has 0 bridgehead atoms. The highest BCUT2D eigenvalue weighted by molar-refractivity contribution is 5.85. The number of hydrogen-bond donors (Lipinski definition) is 2. The van der Waals surface area contributed by atoms with Crippen LogP contribution in [0.3, 0.4) is 0 Å². The maximum absolute atomic E-state index is 12.2. The molecule has 0 saturated heterocycles. The van der Waals surface area contributed by atoms with Crippen molar-refractivity contribution in [2.45, 2.75) is 38.3 Å². The molecular weight excluding hydrogens is 384 g/mol. The van der Waals surface area contributed by atoms with E-state index in [0.29, 0.717) is 19.4 Å². The lowest BCUT2D eigenvalue weighted by atomic mass is 10.1. The van der Waals surface area contributed by atoms with Crippen LogP contribution in [0.25, 0.3) is 0 Å². The van der Waals surface area contributed by atoms with E-state index in [1.54, 1.807) is 7.11 Å². The summed E-state index contributed by atoms with van der Waals surface area (Å²) >= 11 is 0. The lowest BCUT2D eigenvalue weighted by Crippen LogP contribution is -2.43. The van der Waals surface area contributed by atoms with E-state index in [4.69, 9.17) is 9.47 Å². The number of hydrogen-bond acceptors (Lipinski definition) is 5. The van der Waals surface area contributed by atoms with Gasteiger partial charge in [-0.3, -0.25) is 9.59 Å². The van der Waals surface area contributed by atoms with Crippen LogP contribution in [0, 0.1) is 0 Å². The maximum Gasteiger partial charge on any atom is 0.328 e. The number of ether oxygens (including phenoxy) is 2. The predicted molar refractivity (Wildman–Crippen MR) is 113 cm³/mol. The molecule has 0 unspecified atom stereocenters. The average molecular weight is 412 g/mol. The van der Waals surface area contributed by atoms with E-state index in [-0.39, 0.29) is 24.7 Å². The fourth-order valence-electron chi connectivity index (χ4n) is 2.93. The summed E-state index contributed by atoms with van der Waals surface area (Å²) in [6.07, 6.45) is 1.10. The second-order valence-electron chi connectivity index (χ2n) is 6.81. The summed E-state index contributed by atoms with van der Waals surface area (Å²) in [6, 6.07) is 16.1. The van der Waals surface area contributed by atoms with E-state index in [2.05, 4.69) is 10.6 Å². The van der Waals surface area contributed by atoms with Crippen molar-refractivity contribution in [3.05, 3.63) is 65.7 Å². The highest BCUT2D eigenvalue weighted by atomic mass is 16.5. The summed E-state index contributed by atoms with van der Waals surface area (Å²) in [6.45, 7) is 0.393. The minimum atomic E-state index is -0.758. The Morgan fingerprint density at radius 2 is 1.60 bits per heavy atom. The smallest absolute Gasteiger partial charge is 0.328 e. The highest BCUT2D eigenvalue weighted by Crippen LogP contribution is 2.12. The highest BCUT2D eigenvalue weighted by Gasteiger charge is 2.21. The molecule has 0 heterocycles. The van der Waals surface area contributed by atoms with Gasteiger partial charge in [-0.1, -0.05) is 42.5 Å². The minimum Gasteiger partial charge on any atom is -0.497 e. The van der Waals surface area contributed by atoms with Gasteiger partial charge in [-0.25, -0.2) is 4.79 Å². The molecule has 0 aromatic heterocycles. The van der Waals surface area contributed by atoms with Gasteiger partial charge in [0, 0.05) is 25.8 Å². The van der Waals surface area contributed by atoms with Gasteiger partial charge in [-0.2, -0.15) is 0 Å². The average Bonchev–Trinajstić information content (AvgIpc) is 2.77. The van der Waals surface area contributed by atoms with E-state index >= 15 is 0 Å². The van der Waals surface area contributed by atoms with Gasteiger partial charge in [0.05, 0.1) is 14.2 Å². The molecular formula is C23H28N2O5. The number of nitrogens with one attached hydrogen (secondary N) is 2.